The summed E-state index contributed by atoms with van der Waals surface area (Å²) in [5, 5.41) is 0. The van der Waals surface area contributed by atoms with Gasteiger partial charge in [-0.1, -0.05) is 13.8 Å². The van der Waals surface area contributed by atoms with Crippen LogP contribution >= 0.6 is 0 Å². The number of carbonyl (C=O) groups is 2. The van der Waals surface area contributed by atoms with E-state index < -0.39 is 70.5 Å². The number of hydrogen-bond donors (Lipinski definition) is 0. The average molecular weight is 453 g/mol. The Balaban J connectivity index is 2.67. The number of rotatable bonds is 4. The first-order valence-corrected chi connectivity index (χ1v) is 8.72. The maximum atomic E-state index is 13.6. The van der Waals surface area contributed by atoms with E-state index in [0.717, 1.165) is 0 Å². The van der Waals surface area contributed by atoms with Crippen LogP contribution in [0.15, 0.2) is 36.4 Å². The Labute approximate surface area is 171 Å². The third-order valence-electron chi connectivity index (χ3n) is 4.07. The summed E-state index contributed by atoms with van der Waals surface area (Å²) in [5.41, 5.74) is -5.66. The lowest BCUT2D eigenvalue weighted by Crippen LogP contribution is -2.41. The number of nitrogens with zero attached hydrogens (tertiary/aromatic N) is 1. The van der Waals surface area contributed by atoms with E-state index in [1.165, 1.54) is 13.8 Å². The second kappa shape index (κ2) is 8.64. The van der Waals surface area contributed by atoms with E-state index in [9.17, 15) is 44.7 Å². The zero-order valence-corrected chi connectivity index (χ0v) is 16.0. The topological polar surface area (TPSA) is 37.4 Å². The van der Waals surface area contributed by atoms with Crippen molar-refractivity contribution in [3.8, 4) is 0 Å². The number of carbonyl (C=O) groups excluding carboxylic acids is 2. The molecule has 0 atom stereocenters. The van der Waals surface area contributed by atoms with E-state index in [4.69, 9.17) is 0 Å². The summed E-state index contributed by atoms with van der Waals surface area (Å²) in [6, 6.07) is 1.93. The van der Waals surface area contributed by atoms with Gasteiger partial charge in [0.2, 0.25) is 0 Å². The number of hydrogen-bond acceptors (Lipinski definition) is 2. The molecule has 2 aromatic carbocycles. The van der Waals surface area contributed by atoms with Crippen molar-refractivity contribution in [3.05, 3.63) is 70.3 Å². The molecule has 0 heterocycles. The van der Waals surface area contributed by atoms with Gasteiger partial charge in [-0.3, -0.25) is 14.5 Å². The van der Waals surface area contributed by atoms with Gasteiger partial charge in [0.15, 0.2) is 0 Å². The highest BCUT2D eigenvalue weighted by Crippen LogP contribution is 2.35. The molecule has 2 amide bonds. The lowest BCUT2D eigenvalue weighted by Gasteiger charge is -2.25. The highest BCUT2D eigenvalue weighted by molar-refractivity contribution is 6.11. The van der Waals surface area contributed by atoms with Crippen molar-refractivity contribution < 1.29 is 44.7 Å². The average Bonchev–Trinajstić information content (AvgIpc) is 2.62. The molecule has 0 aromatic heterocycles. The molecule has 2 aromatic rings. The van der Waals surface area contributed by atoms with E-state index in [0.29, 0.717) is 12.1 Å². The molecule has 0 saturated carbocycles. The van der Waals surface area contributed by atoms with Crippen LogP contribution in [0.5, 0.6) is 0 Å². The Morgan fingerprint density at radius 1 is 0.774 bits per heavy atom. The van der Waals surface area contributed by atoms with Gasteiger partial charge in [-0.2, -0.15) is 26.3 Å². The van der Waals surface area contributed by atoms with Crippen LogP contribution in [0.3, 0.4) is 0 Å². The fourth-order valence-corrected chi connectivity index (χ4v) is 2.80. The zero-order chi connectivity index (χ0) is 23.7. The standard InChI is InChI=1S/C20H15F8NO2/c1-10(2)9-29(17(30)13-7-11(21)3-5-15(13)19(23,24)25)18(31)14-8-12(22)4-6-16(14)20(26,27)28/h3-8,10H,9H2,1-2H3. The summed E-state index contributed by atoms with van der Waals surface area (Å²) in [6.07, 6.45) is -10.2. The van der Waals surface area contributed by atoms with Gasteiger partial charge in [0.1, 0.15) is 11.6 Å². The molecule has 0 aliphatic heterocycles. The van der Waals surface area contributed by atoms with Gasteiger partial charge in [-0.25, -0.2) is 8.78 Å². The minimum atomic E-state index is -5.11. The SMILES string of the molecule is CC(C)CN(C(=O)c1cc(F)ccc1C(F)(F)F)C(=O)c1cc(F)ccc1C(F)(F)F. The van der Waals surface area contributed by atoms with Crippen molar-refractivity contribution >= 4 is 11.8 Å². The zero-order valence-electron chi connectivity index (χ0n) is 16.0. The first-order valence-electron chi connectivity index (χ1n) is 8.72. The second-order valence-electron chi connectivity index (χ2n) is 6.99. The Morgan fingerprint density at radius 2 is 1.13 bits per heavy atom. The predicted octanol–water partition coefficient (Wildman–Crippen LogP) is 5.94. The molecule has 0 aliphatic carbocycles. The largest absolute Gasteiger partial charge is 0.417 e. The van der Waals surface area contributed by atoms with Crippen LogP contribution in [-0.2, 0) is 12.4 Å². The van der Waals surface area contributed by atoms with Gasteiger partial charge in [-0.15, -0.1) is 0 Å². The summed E-state index contributed by atoms with van der Waals surface area (Å²) < 4.78 is 107. The molecule has 0 radical (unpaired) electrons. The molecular weight excluding hydrogens is 438 g/mol. The highest BCUT2D eigenvalue weighted by atomic mass is 19.4. The van der Waals surface area contributed by atoms with Crippen molar-refractivity contribution in [1.82, 2.24) is 4.90 Å². The molecule has 0 saturated heterocycles. The van der Waals surface area contributed by atoms with E-state index in [1.807, 2.05) is 0 Å². The van der Waals surface area contributed by atoms with Crippen LogP contribution < -0.4 is 0 Å². The number of amides is 2. The molecule has 0 bridgehead atoms. The van der Waals surface area contributed by atoms with Crippen molar-refractivity contribution in [2.75, 3.05) is 6.54 Å². The summed E-state index contributed by atoms with van der Waals surface area (Å²) in [6.45, 7) is 2.29. The van der Waals surface area contributed by atoms with E-state index >= 15 is 0 Å². The van der Waals surface area contributed by atoms with Crippen LogP contribution in [0.25, 0.3) is 0 Å². The van der Waals surface area contributed by atoms with Gasteiger partial charge < -0.3 is 0 Å². The fourth-order valence-electron chi connectivity index (χ4n) is 2.80. The predicted molar refractivity (Wildman–Crippen MR) is 93.0 cm³/mol. The van der Waals surface area contributed by atoms with Gasteiger partial charge in [-0.05, 0) is 42.3 Å². The summed E-state index contributed by atoms with van der Waals surface area (Å²) in [5.74, 6) is -6.37. The van der Waals surface area contributed by atoms with Crippen LogP contribution in [-0.4, -0.2) is 23.3 Å². The van der Waals surface area contributed by atoms with Crippen LogP contribution in [0.4, 0.5) is 35.1 Å². The third-order valence-corrected chi connectivity index (χ3v) is 4.07. The van der Waals surface area contributed by atoms with Crippen molar-refractivity contribution in [2.45, 2.75) is 26.2 Å². The molecule has 0 aliphatic rings. The van der Waals surface area contributed by atoms with Crippen LogP contribution in [0.2, 0.25) is 0 Å². The first kappa shape index (κ1) is 24.3. The summed E-state index contributed by atoms with van der Waals surface area (Å²) in [7, 11) is 0. The third kappa shape index (κ3) is 5.59. The molecule has 0 unspecified atom stereocenters. The molecule has 31 heavy (non-hydrogen) atoms. The van der Waals surface area contributed by atoms with Crippen molar-refractivity contribution in [3.63, 3.8) is 0 Å². The first-order chi connectivity index (χ1) is 14.1. The molecule has 0 fully saturated rings. The smallest absolute Gasteiger partial charge is 0.274 e. The molecule has 3 nitrogen and oxygen atoms in total. The Morgan fingerprint density at radius 3 is 1.42 bits per heavy atom. The molecule has 2 rings (SSSR count). The van der Waals surface area contributed by atoms with Gasteiger partial charge in [0.25, 0.3) is 11.8 Å². The molecule has 168 valence electrons. The minimum Gasteiger partial charge on any atom is -0.274 e. The van der Waals surface area contributed by atoms with E-state index in [1.54, 1.807) is 0 Å². The maximum absolute atomic E-state index is 13.6. The normalized spacial score (nSPS) is 12.2. The lowest BCUT2D eigenvalue weighted by molar-refractivity contribution is -0.138. The Bertz CT molecular complexity index is 920. The van der Waals surface area contributed by atoms with Crippen molar-refractivity contribution in [2.24, 2.45) is 5.92 Å². The van der Waals surface area contributed by atoms with Gasteiger partial charge in [0.05, 0.1) is 22.3 Å². The Kier molecular flexibility index (Phi) is 6.77. The van der Waals surface area contributed by atoms with Crippen molar-refractivity contribution in [1.29, 1.82) is 0 Å². The Hall–Kier alpha value is -2.98. The monoisotopic (exact) mass is 453 g/mol. The molecular formula is C20H15F8NO2. The van der Waals surface area contributed by atoms with Crippen LogP contribution in [0, 0.1) is 17.6 Å². The maximum Gasteiger partial charge on any atom is 0.417 e. The second-order valence-corrected chi connectivity index (χ2v) is 6.99. The number of imide groups is 1. The van der Waals surface area contributed by atoms with Gasteiger partial charge in [0, 0.05) is 6.54 Å². The molecule has 11 heteroatoms. The quantitative estimate of drug-likeness (QED) is 0.425. The fraction of sp³-hybridized carbons (Fsp3) is 0.300. The lowest BCUT2D eigenvalue weighted by atomic mass is 10.0. The molecule has 0 N–H and O–H groups in total. The number of alkyl halides is 6. The van der Waals surface area contributed by atoms with Crippen LogP contribution in [0.1, 0.15) is 45.7 Å². The summed E-state index contributed by atoms with van der Waals surface area (Å²) in [4.78, 5) is 25.8. The number of halogens is 8. The van der Waals surface area contributed by atoms with E-state index in [-0.39, 0.29) is 29.2 Å². The number of benzene rings is 2. The van der Waals surface area contributed by atoms with E-state index in [2.05, 4.69) is 0 Å². The summed E-state index contributed by atoms with van der Waals surface area (Å²) >= 11 is 0. The van der Waals surface area contributed by atoms with Gasteiger partial charge >= 0.3 is 12.4 Å². The highest BCUT2D eigenvalue weighted by Gasteiger charge is 2.40. The minimum absolute atomic E-state index is 0.124. The molecule has 0 spiro atoms.